The Morgan fingerprint density at radius 1 is 1.19 bits per heavy atom. The highest BCUT2D eigenvalue weighted by molar-refractivity contribution is 5.95. The summed E-state index contributed by atoms with van der Waals surface area (Å²) >= 11 is 0. The van der Waals surface area contributed by atoms with Crippen molar-refractivity contribution in [1.29, 1.82) is 0 Å². The first-order valence-electron chi connectivity index (χ1n) is 9.24. The van der Waals surface area contributed by atoms with Gasteiger partial charge in [0.05, 0.1) is 0 Å². The van der Waals surface area contributed by atoms with E-state index in [1.54, 1.807) is 12.4 Å². The van der Waals surface area contributed by atoms with E-state index in [4.69, 9.17) is 0 Å². The number of carbonyl (C=O) groups is 1. The van der Waals surface area contributed by atoms with Crippen LogP contribution in [0.1, 0.15) is 29.6 Å². The van der Waals surface area contributed by atoms with Gasteiger partial charge in [-0.3, -0.25) is 9.78 Å². The summed E-state index contributed by atoms with van der Waals surface area (Å²) in [7, 11) is 3.87. The molecule has 1 N–H and O–H groups in total. The van der Waals surface area contributed by atoms with Gasteiger partial charge in [-0.1, -0.05) is 12.1 Å². The normalized spacial score (nSPS) is 14.4. The Balaban J connectivity index is 1.62. The van der Waals surface area contributed by atoms with E-state index < -0.39 is 0 Å². The van der Waals surface area contributed by atoms with Crippen LogP contribution in [0, 0.1) is 0 Å². The van der Waals surface area contributed by atoms with Crippen molar-refractivity contribution in [2.45, 2.75) is 19.3 Å². The number of nitrogens with zero attached hydrogens (tertiary/aromatic N) is 4. The first kappa shape index (κ1) is 18.3. The molecule has 2 heterocycles. The molecule has 0 atom stereocenters. The summed E-state index contributed by atoms with van der Waals surface area (Å²) in [6, 6.07) is 7.57. The maximum absolute atomic E-state index is 12.5. The van der Waals surface area contributed by atoms with E-state index in [1.807, 2.05) is 43.3 Å². The molecule has 1 fully saturated rings. The largest absolute Gasteiger partial charge is 0.361 e. The van der Waals surface area contributed by atoms with Gasteiger partial charge >= 0.3 is 0 Å². The molecule has 1 aromatic carbocycles. The molecule has 2 aromatic rings. The molecular weight excluding hydrogens is 326 g/mol. The van der Waals surface area contributed by atoms with Gasteiger partial charge in [-0.25, -0.2) is 4.98 Å². The van der Waals surface area contributed by atoms with Crippen LogP contribution in [0.2, 0.25) is 0 Å². The van der Waals surface area contributed by atoms with Crippen molar-refractivity contribution in [2.75, 3.05) is 45.2 Å². The molecule has 1 amide bonds. The van der Waals surface area contributed by atoms with Gasteiger partial charge in [0.1, 0.15) is 5.69 Å². The van der Waals surface area contributed by atoms with Crippen LogP contribution in [0.4, 0.5) is 5.82 Å². The number of hydrogen-bond acceptors (Lipinski definition) is 5. The summed E-state index contributed by atoms with van der Waals surface area (Å²) in [5.74, 6) is 0.749. The molecule has 6 nitrogen and oxygen atoms in total. The molecule has 1 saturated heterocycles. The van der Waals surface area contributed by atoms with Crippen LogP contribution < -0.4 is 10.2 Å². The second kappa shape index (κ2) is 8.76. The highest BCUT2D eigenvalue weighted by Crippen LogP contribution is 2.25. The second-order valence-corrected chi connectivity index (χ2v) is 6.86. The van der Waals surface area contributed by atoms with Gasteiger partial charge in [0.25, 0.3) is 5.91 Å². The molecule has 6 heteroatoms. The Morgan fingerprint density at radius 2 is 1.96 bits per heavy atom. The number of amides is 1. The third kappa shape index (κ3) is 4.58. The van der Waals surface area contributed by atoms with Crippen LogP contribution in [-0.2, 0) is 0 Å². The molecule has 0 unspecified atom stereocenters. The molecule has 0 bridgehead atoms. The number of benzene rings is 1. The van der Waals surface area contributed by atoms with Crippen molar-refractivity contribution in [3.63, 3.8) is 0 Å². The summed E-state index contributed by atoms with van der Waals surface area (Å²) in [5, 5.41) is 3.03. The SMILES string of the molecule is CN(C)c1nccnc1-c1cccc(C(=O)NCCCN2CCCC2)c1. The molecule has 1 aromatic heterocycles. The number of rotatable bonds is 7. The lowest BCUT2D eigenvalue weighted by atomic mass is 10.1. The number of carbonyl (C=O) groups excluding carboxylic acids is 1. The fraction of sp³-hybridized carbons (Fsp3) is 0.450. The quantitative estimate of drug-likeness (QED) is 0.775. The zero-order valence-corrected chi connectivity index (χ0v) is 15.6. The summed E-state index contributed by atoms with van der Waals surface area (Å²) in [6.07, 6.45) is 6.94. The zero-order valence-electron chi connectivity index (χ0n) is 15.6. The molecule has 1 aliphatic heterocycles. The van der Waals surface area contributed by atoms with Crippen molar-refractivity contribution < 1.29 is 4.79 Å². The Hall–Kier alpha value is -2.47. The Kier molecular flexibility index (Phi) is 6.17. The van der Waals surface area contributed by atoms with Crippen molar-refractivity contribution >= 4 is 11.7 Å². The van der Waals surface area contributed by atoms with Gasteiger partial charge in [0, 0.05) is 44.2 Å². The van der Waals surface area contributed by atoms with Gasteiger partial charge in [0.2, 0.25) is 0 Å². The summed E-state index contributed by atoms with van der Waals surface area (Å²) in [6.45, 7) is 4.16. The summed E-state index contributed by atoms with van der Waals surface area (Å²) in [5.41, 5.74) is 2.33. The maximum atomic E-state index is 12.5. The third-order valence-electron chi connectivity index (χ3n) is 4.64. The van der Waals surface area contributed by atoms with Crippen LogP contribution in [0.25, 0.3) is 11.3 Å². The van der Waals surface area contributed by atoms with Gasteiger partial charge in [-0.05, 0) is 51.0 Å². The van der Waals surface area contributed by atoms with Crippen LogP contribution >= 0.6 is 0 Å². The topological polar surface area (TPSA) is 61.4 Å². The minimum atomic E-state index is -0.0384. The number of likely N-dealkylation sites (tertiary alicyclic amines) is 1. The smallest absolute Gasteiger partial charge is 0.251 e. The molecular formula is C20H27N5O. The van der Waals surface area contributed by atoms with Gasteiger partial charge in [-0.15, -0.1) is 0 Å². The van der Waals surface area contributed by atoms with Crippen LogP contribution in [0.3, 0.4) is 0 Å². The molecule has 138 valence electrons. The predicted molar refractivity (Wildman–Crippen MR) is 104 cm³/mol. The number of hydrogen-bond donors (Lipinski definition) is 1. The Morgan fingerprint density at radius 3 is 2.73 bits per heavy atom. The van der Waals surface area contributed by atoms with Crippen LogP contribution in [-0.4, -0.2) is 61.0 Å². The van der Waals surface area contributed by atoms with Gasteiger partial charge in [0.15, 0.2) is 5.82 Å². The highest BCUT2D eigenvalue weighted by atomic mass is 16.1. The molecule has 26 heavy (non-hydrogen) atoms. The average Bonchev–Trinajstić information content (AvgIpc) is 3.18. The highest BCUT2D eigenvalue weighted by Gasteiger charge is 2.13. The Labute approximate surface area is 155 Å². The summed E-state index contributed by atoms with van der Waals surface area (Å²) in [4.78, 5) is 25.7. The number of nitrogens with one attached hydrogen (secondary N) is 1. The second-order valence-electron chi connectivity index (χ2n) is 6.86. The van der Waals surface area contributed by atoms with Gasteiger partial charge in [-0.2, -0.15) is 0 Å². The van der Waals surface area contributed by atoms with Crippen molar-refractivity contribution in [3.8, 4) is 11.3 Å². The Bertz CT molecular complexity index is 740. The van der Waals surface area contributed by atoms with Gasteiger partial charge < -0.3 is 15.1 Å². The van der Waals surface area contributed by atoms with E-state index in [1.165, 1.54) is 25.9 Å². The molecule has 0 spiro atoms. The van der Waals surface area contributed by atoms with Crippen LogP contribution in [0.5, 0.6) is 0 Å². The first-order chi connectivity index (χ1) is 12.6. The van der Waals surface area contributed by atoms with E-state index in [2.05, 4.69) is 20.2 Å². The zero-order chi connectivity index (χ0) is 18.4. The number of anilines is 1. The molecule has 0 radical (unpaired) electrons. The van der Waals surface area contributed by atoms with E-state index >= 15 is 0 Å². The summed E-state index contributed by atoms with van der Waals surface area (Å²) < 4.78 is 0. The minimum Gasteiger partial charge on any atom is -0.361 e. The monoisotopic (exact) mass is 353 g/mol. The van der Waals surface area contributed by atoms with E-state index in [-0.39, 0.29) is 5.91 Å². The molecule has 3 rings (SSSR count). The number of aromatic nitrogens is 2. The van der Waals surface area contributed by atoms with Crippen molar-refractivity contribution in [1.82, 2.24) is 20.2 Å². The minimum absolute atomic E-state index is 0.0384. The lowest BCUT2D eigenvalue weighted by Crippen LogP contribution is -2.28. The fourth-order valence-corrected chi connectivity index (χ4v) is 3.28. The molecule has 1 aliphatic rings. The van der Waals surface area contributed by atoms with Crippen LogP contribution in [0.15, 0.2) is 36.7 Å². The van der Waals surface area contributed by atoms with E-state index in [9.17, 15) is 4.79 Å². The lowest BCUT2D eigenvalue weighted by molar-refractivity contribution is 0.0952. The third-order valence-corrected chi connectivity index (χ3v) is 4.64. The maximum Gasteiger partial charge on any atom is 0.251 e. The first-order valence-corrected chi connectivity index (χ1v) is 9.24. The predicted octanol–water partition coefficient (Wildman–Crippen LogP) is 2.43. The fourth-order valence-electron chi connectivity index (χ4n) is 3.28. The van der Waals surface area contributed by atoms with E-state index in [0.717, 1.165) is 30.0 Å². The van der Waals surface area contributed by atoms with E-state index in [0.29, 0.717) is 12.1 Å². The van der Waals surface area contributed by atoms with Crippen molar-refractivity contribution in [2.24, 2.45) is 0 Å². The standard InChI is InChI=1S/C20H27N5O/c1-24(2)19-18(21-10-11-22-19)16-7-5-8-17(15-16)20(26)23-9-6-14-25-12-3-4-13-25/h5,7-8,10-11,15H,3-4,6,9,12-14H2,1-2H3,(H,23,26). The average molecular weight is 353 g/mol. The molecule has 0 aliphatic carbocycles. The molecule has 0 saturated carbocycles. The van der Waals surface area contributed by atoms with Crippen molar-refractivity contribution in [3.05, 3.63) is 42.2 Å². The lowest BCUT2D eigenvalue weighted by Gasteiger charge is -2.15.